The van der Waals surface area contributed by atoms with Gasteiger partial charge in [-0.3, -0.25) is 14.4 Å². The van der Waals surface area contributed by atoms with Gasteiger partial charge in [0.05, 0.1) is 16.2 Å². The molecule has 8 aliphatic carbocycles. The molecule has 0 aromatic heterocycles. The Hall–Kier alpha value is -2.63. The maximum Gasteiger partial charge on any atom is 0.309 e. The molecule has 5 saturated carbocycles. The van der Waals surface area contributed by atoms with Crippen LogP contribution >= 0.6 is 0 Å². The Balaban J connectivity index is 0.000000147. The van der Waals surface area contributed by atoms with Gasteiger partial charge >= 0.3 is 17.9 Å². The van der Waals surface area contributed by atoms with Crippen molar-refractivity contribution in [3.05, 3.63) is 46.0 Å². The van der Waals surface area contributed by atoms with Gasteiger partial charge in [-0.2, -0.15) is 0 Å². The van der Waals surface area contributed by atoms with Crippen LogP contribution in [-0.2, 0) is 26.2 Å². The van der Waals surface area contributed by atoms with Crippen molar-refractivity contribution < 1.29 is 29.7 Å². The highest BCUT2D eigenvalue weighted by atomic mass is 16.4. The van der Waals surface area contributed by atoms with Crippen molar-refractivity contribution in [2.75, 3.05) is 0 Å². The number of hydrogen-bond acceptors (Lipinski definition) is 3. The van der Waals surface area contributed by atoms with Gasteiger partial charge in [0.25, 0.3) is 0 Å². The third-order valence-electron chi connectivity index (χ3n) is 22.1. The monoisotopic (exact) mass is 911 g/mol. The summed E-state index contributed by atoms with van der Waals surface area (Å²) in [4.78, 5) is 35.9. The van der Waals surface area contributed by atoms with Crippen LogP contribution in [0.1, 0.15) is 234 Å². The average molecular weight is 911 g/mol. The fourth-order valence-electron chi connectivity index (χ4n) is 17.9. The van der Waals surface area contributed by atoms with Crippen molar-refractivity contribution in [3.63, 3.8) is 0 Å². The van der Waals surface area contributed by atoms with Gasteiger partial charge < -0.3 is 15.3 Å². The van der Waals surface area contributed by atoms with Gasteiger partial charge in [0.2, 0.25) is 0 Å². The summed E-state index contributed by atoms with van der Waals surface area (Å²) < 4.78 is 0. The lowest BCUT2D eigenvalue weighted by atomic mass is 9.43. The highest BCUT2D eigenvalue weighted by Gasteiger charge is 2.60. The normalized spacial score (nSPS) is 41.6. The van der Waals surface area contributed by atoms with Gasteiger partial charge in [-0.25, -0.2) is 0 Å². The Labute approximate surface area is 401 Å². The van der Waals surface area contributed by atoms with Crippen LogP contribution in [0.5, 0.6) is 0 Å². The Bertz CT molecular complexity index is 1990. The molecule has 7 unspecified atom stereocenters. The molecule has 1 aromatic carbocycles. The van der Waals surface area contributed by atoms with Crippen LogP contribution in [0.15, 0.2) is 29.3 Å². The second-order valence-electron chi connectivity index (χ2n) is 26.5. The maximum atomic E-state index is 12.0. The van der Waals surface area contributed by atoms with E-state index >= 15 is 0 Å². The van der Waals surface area contributed by atoms with Crippen LogP contribution in [0.4, 0.5) is 0 Å². The molecule has 0 radical (unpaired) electrons. The fraction of sp³-hybridized carbons (Fsp3) is 0.817. The van der Waals surface area contributed by atoms with Gasteiger partial charge in [0.15, 0.2) is 0 Å². The number of aryl methyl sites for hydroxylation is 1. The standard InChI is InChI=1S/C20H34O2.C20H32O2.C20H28O2/c3*1-13(2)14-6-8-16-15(12-14)7-9-17-19(16,3)10-5-11-20(17,4)18(21)22/h13-17H,5-12H2,1-4H3,(H,21,22);13-14,17H,5-12H2,1-4H3,(H,21,22);6,8,12-13,17H,5,7,9-11H2,1-4H3,(H,21,22)/t14?,15?,16?,17?,19-,20-;14?,17?,19-,20-;17?,19-,20-/m111/s1. The molecule has 5 fully saturated rings. The van der Waals surface area contributed by atoms with Gasteiger partial charge in [0, 0.05) is 0 Å². The summed E-state index contributed by atoms with van der Waals surface area (Å²) in [6.45, 7) is 27.1. The van der Waals surface area contributed by atoms with Crippen LogP contribution in [0.2, 0.25) is 0 Å². The first-order valence-electron chi connectivity index (χ1n) is 27.4. The van der Waals surface area contributed by atoms with E-state index in [9.17, 15) is 29.7 Å². The van der Waals surface area contributed by atoms with E-state index in [-0.39, 0.29) is 22.2 Å². The number of hydrogen-bond donors (Lipinski definition) is 3. The van der Waals surface area contributed by atoms with Crippen molar-refractivity contribution in [3.8, 4) is 0 Å². The fourth-order valence-corrected chi connectivity index (χ4v) is 17.9. The smallest absolute Gasteiger partial charge is 0.309 e. The second kappa shape index (κ2) is 18.9. The molecule has 66 heavy (non-hydrogen) atoms. The van der Waals surface area contributed by atoms with E-state index < -0.39 is 34.2 Å². The summed E-state index contributed by atoms with van der Waals surface area (Å²) in [5, 5.41) is 29.5. The van der Waals surface area contributed by atoms with E-state index in [1.165, 1.54) is 74.5 Å². The molecule has 0 amide bonds. The van der Waals surface area contributed by atoms with Gasteiger partial charge in [-0.15, -0.1) is 0 Å². The molecule has 0 spiro atoms. The minimum atomic E-state index is -0.606. The number of rotatable bonds is 6. The number of carbonyl (C=O) groups is 3. The first kappa shape index (κ1) is 51.2. The Morgan fingerprint density at radius 2 is 1.11 bits per heavy atom. The first-order valence-corrected chi connectivity index (χ1v) is 27.4. The summed E-state index contributed by atoms with van der Waals surface area (Å²) in [7, 11) is 0. The second-order valence-corrected chi connectivity index (χ2v) is 26.5. The van der Waals surface area contributed by atoms with Crippen LogP contribution in [0.25, 0.3) is 0 Å². The van der Waals surface area contributed by atoms with E-state index in [2.05, 4.69) is 80.5 Å². The Morgan fingerprint density at radius 3 is 1.68 bits per heavy atom. The molecule has 3 N–H and O–H groups in total. The molecule has 13 atom stereocenters. The summed E-state index contributed by atoms with van der Waals surface area (Å²) in [5.41, 5.74) is 6.55. The SMILES string of the molecule is CC(C)C1CCC2=C(CCC3[C@](C)(C(=O)O)CCC[C@]23C)C1.CC(C)C1CCC2C(CCC3[C@]2(C)CCC[C@@]3(C)C(=O)O)C1.CC(C)c1ccc2c(c1)CCC1[C@](C)(C(=O)O)CCC[C@]21C. The quantitative estimate of drug-likeness (QED) is 0.245. The van der Waals surface area contributed by atoms with Gasteiger partial charge in [-0.1, -0.05) is 111 Å². The summed E-state index contributed by atoms with van der Waals surface area (Å²) in [6.07, 6.45) is 23.9. The van der Waals surface area contributed by atoms with Gasteiger partial charge in [-0.05, 0) is 228 Å². The molecule has 8 aliphatic rings. The highest BCUT2D eigenvalue weighted by molar-refractivity contribution is 5.76. The van der Waals surface area contributed by atoms with E-state index in [0.29, 0.717) is 17.8 Å². The molecule has 6 nitrogen and oxygen atoms in total. The summed E-state index contributed by atoms with van der Waals surface area (Å²) in [5.74, 6) is 4.77. The molecule has 370 valence electrons. The molecule has 1 aromatic rings. The number of fused-ring (bicyclic) bond motifs is 8. The van der Waals surface area contributed by atoms with E-state index in [0.717, 1.165) is 113 Å². The Kier molecular flexibility index (Phi) is 14.7. The van der Waals surface area contributed by atoms with Crippen molar-refractivity contribution in [1.29, 1.82) is 0 Å². The third kappa shape index (κ3) is 8.81. The zero-order valence-corrected chi connectivity index (χ0v) is 43.9. The van der Waals surface area contributed by atoms with Crippen molar-refractivity contribution in [1.82, 2.24) is 0 Å². The summed E-state index contributed by atoms with van der Waals surface area (Å²) >= 11 is 0. The molecular weight excluding hydrogens is 817 g/mol. The van der Waals surface area contributed by atoms with E-state index in [1.54, 1.807) is 11.1 Å². The zero-order chi connectivity index (χ0) is 48.4. The summed E-state index contributed by atoms with van der Waals surface area (Å²) in [6, 6.07) is 6.92. The predicted octanol–water partition coefficient (Wildman–Crippen LogP) is 15.7. The topological polar surface area (TPSA) is 112 Å². The zero-order valence-electron chi connectivity index (χ0n) is 43.9. The third-order valence-corrected chi connectivity index (χ3v) is 22.1. The van der Waals surface area contributed by atoms with Crippen molar-refractivity contribution in [2.24, 2.45) is 80.3 Å². The van der Waals surface area contributed by atoms with Gasteiger partial charge in [0.1, 0.15) is 0 Å². The lowest BCUT2D eigenvalue weighted by Gasteiger charge is -2.60. The molecule has 0 bridgehead atoms. The lowest BCUT2D eigenvalue weighted by molar-refractivity contribution is -0.173. The van der Waals surface area contributed by atoms with E-state index in [4.69, 9.17) is 0 Å². The number of carboxylic acids is 3. The number of aliphatic carboxylic acids is 3. The minimum absolute atomic E-state index is 0.0223. The van der Waals surface area contributed by atoms with Crippen LogP contribution in [-0.4, -0.2) is 33.2 Å². The van der Waals surface area contributed by atoms with E-state index in [1.807, 2.05) is 20.8 Å². The Morgan fingerprint density at radius 1 is 0.561 bits per heavy atom. The number of allylic oxidation sites excluding steroid dienone is 2. The molecular formula is C60H94O6. The highest BCUT2D eigenvalue weighted by Crippen LogP contribution is 2.65. The molecule has 9 rings (SSSR count). The van der Waals surface area contributed by atoms with Crippen LogP contribution in [0, 0.1) is 80.3 Å². The van der Waals surface area contributed by atoms with Crippen LogP contribution in [0.3, 0.4) is 0 Å². The lowest BCUT2D eigenvalue weighted by Crippen LogP contribution is -2.56. The molecule has 0 aliphatic heterocycles. The average Bonchev–Trinajstić information content (AvgIpc) is 3.26. The first-order chi connectivity index (χ1) is 30.9. The van der Waals surface area contributed by atoms with Crippen LogP contribution < -0.4 is 0 Å². The minimum Gasteiger partial charge on any atom is -0.481 e. The number of benzene rings is 1. The van der Waals surface area contributed by atoms with Crippen molar-refractivity contribution >= 4 is 17.9 Å². The molecule has 6 heteroatoms. The molecule has 0 heterocycles. The largest absolute Gasteiger partial charge is 0.481 e. The maximum absolute atomic E-state index is 12.0. The molecule has 0 saturated heterocycles. The van der Waals surface area contributed by atoms with Crippen molar-refractivity contribution in [2.45, 2.75) is 229 Å². The number of carboxylic acid groups (broad SMARTS) is 3. The predicted molar refractivity (Wildman–Crippen MR) is 269 cm³/mol.